The Bertz CT molecular complexity index is 467. The van der Waals surface area contributed by atoms with Gasteiger partial charge in [-0.05, 0) is 25.5 Å². The molecule has 5 nitrogen and oxygen atoms in total. The molecular formula is C12H18ClN3O2. The molecule has 0 bridgehead atoms. The van der Waals surface area contributed by atoms with Gasteiger partial charge in [-0.25, -0.2) is 0 Å². The van der Waals surface area contributed by atoms with Crippen LogP contribution in [0.4, 0.5) is 0 Å². The first-order valence-corrected chi connectivity index (χ1v) is 5.85. The summed E-state index contributed by atoms with van der Waals surface area (Å²) in [6.45, 7) is 1.81. The highest BCUT2D eigenvalue weighted by molar-refractivity contribution is 5.94. The molecule has 1 aliphatic rings. The molecule has 1 aliphatic heterocycles. The first-order valence-electron chi connectivity index (χ1n) is 5.85. The molecule has 1 atom stereocenters. The third kappa shape index (κ3) is 3.58. The minimum absolute atomic E-state index is 0. The van der Waals surface area contributed by atoms with Crippen molar-refractivity contribution in [1.82, 2.24) is 15.2 Å². The van der Waals surface area contributed by atoms with Crippen molar-refractivity contribution >= 4 is 18.3 Å². The zero-order chi connectivity index (χ0) is 12.3. The van der Waals surface area contributed by atoms with E-state index in [-0.39, 0.29) is 29.9 Å². The second-order valence-corrected chi connectivity index (χ2v) is 4.38. The van der Waals surface area contributed by atoms with Gasteiger partial charge < -0.3 is 15.2 Å². The van der Waals surface area contributed by atoms with Crippen LogP contribution in [0.15, 0.2) is 23.1 Å². The van der Waals surface area contributed by atoms with Gasteiger partial charge in [0.1, 0.15) is 0 Å². The van der Waals surface area contributed by atoms with E-state index in [1.54, 1.807) is 19.3 Å². The van der Waals surface area contributed by atoms with Crippen LogP contribution in [0, 0.1) is 0 Å². The van der Waals surface area contributed by atoms with E-state index >= 15 is 0 Å². The second-order valence-electron chi connectivity index (χ2n) is 4.38. The van der Waals surface area contributed by atoms with Crippen molar-refractivity contribution in [3.8, 4) is 0 Å². The molecule has 0 aliphatic carbocycles. The molecule has 1 aromatic rings. The van der Waals surface area contributed by atoms with Gasteiger partial charge in [-0.1, -0.05) is 0 Å². The summed E-state index contributed by atoms with van der Waals surface area (Å²) in [5.41, 5.74) is 0.262. The van der Waals surface area contributed by atoms with Gasteiger partial charge in [0.15, 0.2) is 0 Å². The molecule has 1 aromatic heterocycles. The normalized spacial score (nSPS) is 18.8. The van der Waals surface area contributed by atoms with Crippen LogP contribution in [0.25, 0.3) is 0 Å². The number of aryl methyl sites for hydroxylation is 1. The molecule has 6 heteroatoms. The Hall–Kier alpha value is -1.33. The zero-order valence-corrected chi connectivity index (χ0v) is 11.1. The number of halogens is 1. The summed E-state index contributed by atoms with van der Waals surface area (Å²) in [5, 5.41) is 6.16. The van der Waals surface area contributed by atoms with E-state index in [0.29, 0.717) is 5.56 Å². The van der Waals surface area contributed by atoms with Crippen LogP contribution in [0.2, 0.25) is 0 Å². The molecule has 0 aromatic carbocycles. The summed E-state index contributed by atoms with van der Waals surface area (Å²) in [6.07, 6.45) is 3.67. The maximum atomic E-state index is 11.9. The first-order chi connectivity index (χ1) is 8.16. The minimum Gasteiger partial charge on any atom is -0.348 e. The summed E-state index contributed by atoms with van der Waals surface area (Å²) < 4.78 is 1.44. The highest BCUT2D eigenvalue weighted by atomic mass is 35.5. The number of nitrogens with one attached hydrogen (secondary N) is 2. The lowest BCUT2D eigenvalue weighted by molar-refractivity contribution is 0.0930. The third-order valence-electron chi connectivity index (χ3n) is 3.00. The van der Waals surface area contributed by atoms with Crippen LogP contribution in [-0.2, 0) is 7.05 Å². The van der Waals surface area contributed by atoms with E-state index in [2.05, 4.69) is 10.6 Å². The van der Waals surface area contributed by atoms with E-state index in [4.69, 9.17) is 0 Å². The smallest absolute Gasteiger partial charge is 0.251 e. The lowest BCUT2D eigenvalue weighted by atomic mass is 10.1. The van der Waals surface area contributed by atoms with Crippen molar-refractivity contribution < 1.29 is 4.79 Å². The SMILES string of the molecule is Cl.Cn1ccc(C(=O)NC2CCCNC2)cc1=O. The van der Waals surface area contributed by atoms with Gasteiger partial charge in [0.05, 0.1) is 0 Å². The highest BCUT2D eigenvalue weighted by Gasteiger charge is 2.16. The van der Waals surface area contributed by atoms with Gasteiger partial charge >= 0.3 is 0 Å². The second kappa shape index (κ2) is 6.56. The van der Waals surface area contributed by atoms with Crippen molar-refractivity contribution in [3.63, 3.8) is 0 Å². The molecule has 2 heterocycles. The predicted octanol–water partition coefficient (Wildman–Crippen LogP) is 0.289. The van der Waals surface area contributed by atoms with Gasteiger partial charge in [0, 0.05) is 37.5 Å². The summed E-state index contributed by atoms with van der Waals surface area (Å²) in [4.78, 5) is 23.3. The summed E-state index contributed by atoms with van der Waals surface area (Å²) in [5.74, 6) is -0.170. The van der Waals surface area contributed by atoms with Crippen molar-refractivity contribution in [2.24, 2.45) is 7.05 Å². The number of rotatable bonds is 2. The molecule has 100 valence electrons. The van der Waals surface area contributed by atoms with Gasteiger partial charge in [0.25, 0.3) is 11.5 Å². The molecule has 2 rings (SSSR count). The van der Waals surface area contributed by atoms with E-state index in [1.807, 2.05) is 0 Å². The highest BCUT2D eigenvalue weighted by Crippen LogP contribution is 2.03. The molecule has 1 unspecified atom stereocenters. The predicted molar refractivity (Wildman–Crippen MR) is 72.3 cm³/mol. The van der Waals surface area contributed by atoms with Crippen molar-refractivity contribution in [1.29, 1.82) is 0 Å². The minimum atomic E-state index is -0.170. The van der Waals surface area contributed by atoms with Crippen LogP contribution in [0.3, 0.4) is 0 Å². The maximum absolute atomic E-state index is 11.9. The van der Waals surface area contributed by atoms with Crippen LogP contribution >= 0.6 is 12.4 Å². The van der Waals surface area contributed by atoms with Crippen molar-refractivity contribution in [3.05, 3.63) is 34.2 Å². The Kier molecular flexibility index (Phi) is 5.37. The summed E-state index contributed by atoms with van der Waals surface area (Å²) >= 11 is 0. The number of amides is 1. The molecule has 1 amide bonds. The average Bonchev–Trinajstić information content (AvgIpc) is 2.34. The van der Waals surface area contributed by atoms with E-state index in [1.165, 1.54) is 10.6 Å². The fraction of sp³-hybridized carbons (Fsp3) is 0.500. The molecule has 1 saturated heterocycles. The Balaban J connectivity index is 0.00000162. The van der Waals surface area contributed by atoms with Gasteiger partial charge in [0.2, 0.25) is 0 Å². The van der Waals surface area contributed by atoms with Crippen LogP contribution in [-0.4, -0.2) is 29.6 Å². The lowest BCUT2D eigenvalue weighted by Crippen LogP contribution is -2.45. The monoisotopic (exact) mass is 271 g/mol. The fourth-order valence-corrected chi connectivity index (χ4v) is 1.93. The first kappa shape index (κ1) is 14.7. The van der Waals surface area contributed by atoms with Gasteiger partial charge in [-0.15, -0.1) is 12.4 Å². The number of carbonyl (C=O) groups excluding carboxylic acids is 1. The molecular weight excluding hydrogens is 254 g/mol. The Morgan fingerprint density at radius 2 is 2.33 bits per heavy atom. The number of aromatic nitrogens is 1. The van der Waals surface area contributed by atoms with Crippen LogP contribution in [0.5, 0.6) is 0 Å². The average molecular weight is 272 g/mol. The van der Waals surface area contributed by atoms with E-state index in [0.717, 1.165) is 25.9 Å². The Labute approximate surface area is 112 Å². The van der Waals surface area contributed by atoms with Crippen LogP contribution in [0.1, 0.15) is 23.2 Å². The summed E-state index contributed by atoms with van der Waals surface area (Å²) in [6, 6.07) is 3.19. The largest absolute Gasteiger partial charge is 0.348 e. The standard InChI is InChI=1S/C12H17N3O2.ClH/c1-15-6-4-9(7-11(15)16)12(17)14-10-3-2-5-13-8-10;/h4,6-7,10,13H,2-3,5,8H2,1H3,(H,14,17);1H. The Morgan fingerprint density at radius 3 is 2.94 bits per heavy atom. The van der Waals surface area contributed by atoms with Crippen LogP contribution < -0.4 is 16.2 Å². The summed E-state index contributed by atoms with van der Waals surface area (Å²) in [7, 11) is 1.66. The number of pyridine rings is 1. The number of hydrogen-bond acceptors (Lipinski definition) is 3. The van der Waals surface area contributed by atoms with E-state index < -0.39 is 0 Å². The topological polar surface area (TPSA) is 63.1 Å². The maximum Gasteiger partial charge on any atom is 0.251 e. The molecule has 1 fully saturated rings. The Morgan fingerprint density at radius 1 is 1.56 bits per heavy atom. The molecule has 0 saturated carbocycles. The number of carbonyl (C=O) groups is 1. The molecule has 0 radical (unpaired) electrons. The number of nitrogens with zero attached hydrogens (tertiary/aromatic N) is 1. The lowest BCUT2D eigenvalue weighted by Gasteiger charge is -2.23. The number of hydrogen-bond donors (Lipinski definition) is 2. The molecule has 0 spiro atoms. The van der Waals surface area contributed by atoms with Gasteiger partial charge in [-0.2, -0.15) is 0 Å². The molecule has 18 heavy (non-hydrogen) atoms. The quantitative estimate of drug-likeness (QED) is 0.813. The van der Waals surface area contributed by atoms with E-state index in [9.17, 15) is 9.59 Å². The molecule has 2 N–H and O–H groups in total. The van der Waals surface area contributed by atoms with Crippen molar-refractivity contribution in [2.75, 3.05) is 13.1 Å². The fourth-order valence-electron chi connectivity index (χ4n) is 1.93. The van der Waals surface area contributed by atoms with Crippen molar-refractivity contribution in [2.45, 2.75) is 18.9 Å². The van der Waals surface area contributed by atoms with Gasteiger partial charge in [-0.3, -0.25) is 9.59 Å². The zero-order valence-electron chi connectivity index (χ0n) is 10.3. The third-order valence-corrected chi connectivity index (χ3v) is 3.00. The number of piperidine rings is 1.